The average Bonchev–Trinajstić information content (AvgIpc) is 3.25. The standard InChI is InChI=1S/C20H23N3/c1-2-6-18(7-3-1)23-12-10-16(15-23)13-21-14-17-5-4-8-20-19(17)9-11-22-20/h1-9,11,16,21-22H,10,12-15H2. The zero-order valence-electron chi connectivity index (χ0n) is 13.3. The molecule has 0 aliphatic carbocycles. The number of aromatic nitrogens is 1. The molecule has 2 heterocycles. The topological polar surface area (TPSA) is 31.1 Å². The monoisotopic (exact) mass is 305 g/mol. The van der Waals surface area contributed by atoms with E-state index in [-0.39, 0.29) is 0 Å². The highest BCUT2D eigenvalue weighted by Crippen LogP contribution is 2.23. The van der Waals surface area contributed by atoms with Gasteiger partial charge in [-0.25, -0.2) is 0 Å². The van der Waals surface area contributed by atoms with E-state index in [1.165, 1.54) is 35.1 Å². The quantitative estimate of drug-likeness (QED) is 0.751. The highest BCUT2D eigenvalue weighted by molar-refractivity contribution is 5.82. The largest absolute Gasteiger partial charge is 0.371 e. The van der Waals surface area contributed by atoms with Crippen LogP contribution >= 0.6 is 0 Å². The number of anilines is 1. The van der Waals surface area contributed by atoms with Gasteiger partial charge in [-0.2, -0.15) is 0 Å². The predicted octanol–water partition coefficient (Wildman–Crippen LogP) is 3.78. The van der Waals surface area contributed by atoms with Crippen molar-refractivity contribution < 1.29 is 0 Å². The Balaban J connectivity index is 1.31. The van der Waals surface area contributed by atoms with Gasteiger partial charge < -0.3 is 15.2 Å². The van der Waals surface area contributed by atoms with E-state index in [1.54, 1.807) is 0 Å². The molecular formula is C20H23N3. The average molecular weight is 305 g/mol. The summed E-state index contributed by atoms with van der Waals surface area (Å²) in [7, 11) is 0. The maximum absolute atomic E-state index is 3.66. The third-order valence-electron chi connectivity index (χ3n) is 4.84. The molecule has 0 spiro atoms. The van der Waals surface area contributed by atoms with E-state index in [2.05, 4.69) is 69.8 Å². The molecule has 1 saturated heterocycles. The third-order valence-corrected chi connectivity index (χ3v) is 4.84. The second kappa shape index (κ2) is 6.47. The van der Waals surface area contributed by atoms with Crippen molar-refractivity contribution in [3.8, 4) is 0 Å². The highest BCUT2D eigenvalue weighted by atomic mass is 15.2. The minimum atomic E-state index is 0.737. The van der Waals surface area contributed by atoms with E-state index in [1.807, 2.05) is 6.20 Å². The smallest absolute Gasteiger partial charge is 0.0457 e. The molecule has 3 heteroatoms. The van der Waals surface area contributed by atoms with E-state index >= 15 is 0 Å². The fraction of sp³-hybridized carbons (Fsp3) is 0.300. The van der Waals surface area contributed by atoms with E-state index in [0.29, 0.717) is 0 Å². The van der Waals surface area contributed by atoms with Crippen molar-refractivity contribution in [2.24, 2.45) is 5.92 Å². The molecule has 3 aromatic rings. The maximum Gasteiger partial charge on any atom is 0.0457 e. The summed E-state index contributed by atoms with van der Waals surface area (Å²) < 4.78 is 0. The maximum atomic E-state index is 3.66. The summed E-state index contributed by atoms with van der Waals surface area (Å²) >= 11 is 0. The number of aromatic amines is 1. The van der Waals surface area contributed by atoms with Gasteiger partial charge in [0.1, 0.15) is 0 Å². The molecule has 4 rings (SSSR count). The van der Waals surface area contributed by atoms with Crippen LogP contribution in [0.15, 0.2) is 60.8 Å². The van der Waals surface area contributed by atoms with Crippen LogP contribution in [0.3, 0.4) is 0 Å². The SMILES string of the molecule is c1ccc(N2CCC(CNCc3cccc4[nH]ccc34)C2)cc1. The molecule has 118 valence electrons. The number of nitrogens with one attached hydrogen (secondary N) is 2. The normalized spacial score (nSPS) is 17.9. The van der Waals surface area contributed by atoms with E-state index in [9.17, 15) is 0 Å². The molecule has 1 aliphatic rings. The molecule has 2 N–H and O–H groups in total. The molecule has 1 atom stereocenters. The van der Waals surface area contributed by atoms with Gasteiger partial charge in [0.25, 0.3) is 0 Å². The van der Waals surface area contributed by atoms with E-state index in [0.717, 1.165) is 25.6 Å². The van der Waals surface area contributed by atoms with Crippen LogP contribution in [-0.4, -0.2) is 24.6 Å². The molecule has 0 saturated carbocycles. The Labute approximate surface area is 137 Å². The number of fused-ring (bicyclic) bond motifs is 1. The molecule has 1 fully saturated rings. The summed E-state index contributed by atoms with van der Waals surface area (Å²) in [4.78, 5) is 5.78. The van der Waals surface area contributed by atoms with Gasteiger partial charge in [0.15, 0.2) is 0 Å². The van der Waals surface area contributed by atoms with Crippen molar-refractivity contribution >= 4 is 16.6 Å². The number of para-hydroxylation sites is 1. The predicted molar refractivity (Wildman–Crippen MR) is 96.8 cm³/mol. The number of benzene rings is 2. The lowest BCUT2D eigenvalue weighted by molar-refractivity contribution is 0.517. The minimum absolute atomic E-state index is 0.737. The molecule has 1 aromatic heterocycles. The fourth-order valence-electron chi connectivity index (χ4n) is 3.59. The first-order chi connectivity index (χ1) is 11.4. The number of nitrogens with zero attached hydrogens (tertiary/aromatic N) is 1. The fourth-order valence-corrected chi connectivity index (χ4v) is 3.59. The van der Waals surface area contributed by atoms with Crippen molar-refractivity contribution in [3.63, 3.8) is 0 Å². The van der Waals surface area contributed by atoms with Crippen LogP contribution in [0.25, 0.3) is 10.9 Å². The van der Waals surface area contributed by atoms with Crippen molar-refractivity contribution in [1.29, 1.82) is 0 Å². The Kier molecular flexibility index (Phi) is 4.03. The lowest BCUT2D eigenvalue weighted by atomic mass is 10.1. The number of rotatable bonds is 5. The Morgan fingerprint density at radius 2 is 1.96 bits per heavy atom. The summed E-state index contributed by atoms with van der Waals surface area (Å²) in [6, 6.07) is 19.4. The van der Waals surface area contributed by atoms with Crippen molar-refractivity contribution in [3.05, 3.63) is 66.4 Å². The van der Waals surface area contributed by atoms with Gasteiger partial charge in [-0.3, -0.25) is 0 Å². The van der Waals surface area contributed by atoms with Crippen LogP contribution in [0.5, 0.6) is 0 Å². The molecule has 1 aliphatic heterocycles. The van der Waals surface area contributed by atoms with Crippen LogP contribution in [-0.2, 0) is 6.54 Å². The van der Waals surface area contributed by atoms with Crippen molar-refractivity contribution in [2.75, 3.05) is 24.5 Å². The van der Waals surface area contributed by atoms with Crippen LogP contribution in [0, 0.1) is 5.92 Å². The van der Waals surface area contributed by atoms with Gasteiger partial charge in [0.05, 0.1) is 0 Å². The summed E-state index contributed by atoms with van der Waals surface area (Å²) in [6.07, 6.45) is 3.29. The van der Waals surface area contributed by atoms with E-state index < -0.39 is 0 Å². The Bertz CT molecular complexity index is 763. The second-order valence-corrected chi connectivity index (χ2v) is 6.42. The van der Waals surface area contributed by atoms with Gasteiger partial charge in [0, 0.05) is 49.0 Å². The first-order valence-electron chi connectivity index (χ1n) is 8.46. The van der Waals surface area contributed by atoms with Crippen molar-refractivity contribution in [2.45, 2.75) is 13.0 Å². The Hall–Kier alpha value is -2.26. The zero-order chi connectivity index (χ0) is 15.5. The zero-order valence-corrected chi connectivity index (χ0v) is 13.3. The molecule has 2 aromatic carbocycles. The Morgan fingerprint density at radius 3 is 2.87 bits per heavy atom. The Morgan fingerprint density at radius 1 is 1.04 bits per heavy atom. The second-order valence-electron chi connectivity index (χ2n) is 6.42. The first-order valence-corrected chi connectivity index (χ1v) is 8.46. The molecule has 0 bridgehead atoms. The highest BCUT2D eigenvalue weighted by Gasteiger charge is 2.22. The summed E-state index contributed by atoms with van der Waals surface area (Å²) in [5.41, 5.74) is 3.95. The van der Waals surface area contributed by atoms with Crippen molar-refractivity contribution in [1.82, 2.24) is 10.3 Å². The van der Waals surface area contributed by atoms with Gasteiger partial charge in [-0.05, 0) is 42.2 Å². The number of hydrogen-bond donors (Lipinski definition) is 2. The molecular weight excluding hydrogens is 282 g/mol. The van der Waals surface area contributed by atoms with E-state index in [4.69, 9.17) is 0 Å². The minimum Gasteiger partial charge on any atom is -0.371 e. The first kappa shape index (κ1) is 14.3. The lowest BCUT2D eigenvalue weighted by Crippen LogP contribution is -2.26. The molecule has 3 nitrogen and oxygen atoms in total. The van der Waals surface area contributed by atoms with Crippen LogP contribution < -0.4 is 10.2 Å². The number of H-pyrrole nitrogens is 1. The summed E-state index contributed by atoms with van der Waals surface area (Å²) in [5.74, 6) is 0.737. The van der Waals surface area contributed by atoms with Gasteiger partial charge in [-0.15, -0.1) is 0 Å². The van der Waals surface area contributed by atoms with Gasteiger partial charge in [-0.1, -0.05) is 30.3 Å². The molecule has 1 unspecified atom stereocenters. The third kappa shape index (κ3) is 3.10. The summed E-state index contributed by atoms with van der Waals surface area (Å²) in [5, 5.41) is 4.99. The summed E-state index contributed by atoms with van der Waals surface area (Å²) in [6.45, 7) is 4.36. The lowest BCUT2D eigenvalue weighted by Gasteiger charge is -2.18. The van der Waals surface area contributed by atoms with Gasteiger partial charge >= 0.3 is 0 Å². The van der Waals surface area contributed by atoms with Gasteiger partial charge in [0.2, 0.25) is 0 Å². The molecule has 0 amide bonds. The molecule has 23 heavy (non-hydrogen) atoms. The van der Waals surface area contributed by atoms with Crippen LogP contribution in [0.2, 0.25) is 0 Å². The molecule has 0 radical (unpaired) electrons. The van der Waals surface area contributed by atoms with Crippen LogP contribution in [0.4, 0.5) is 5.69 Å². The van der Waals surface area contributed by atoms with Crippen LogP contribution in [0.1, 0.15) is 12.0 Å². The number of hydrogen-bond acceptors (Lipinski definition) is 2.